The number of para-hydroxylation sites is 1. The molecule has 3 nitrogen and oxygen atoms in total. The second-order valence-corrected chi connectivity index (χ2v) is 4.72. The predicted octanol–water partition coefficient (Wildman–Crippen LogP) is 2.89. The summed E-state index contributed by atoms with van der Waals surface area (Å²) in [5.41, 5.74) is 3.09. The Balaban J connectivity index is 2.40. The molecule has 2 aromatic rings. The lowest BCUT2D eigenvalue weighted by atomic mass is 10.2. The molecule has 0 fully saturated rings. The maximum absolute atomic E-state index is 8.27. The summed E-state index contributed by atoms with van der Waals surface area (Å²) in [4.78, 5) is 1.64. The fourth-order valence-corrected chi connectivity index (χ4v) is 2.62. The maximum atomic E-state index is 8.27. The number of nitrogens with zero attached hydrogens (tertiary/aromatic N) is 3. The van der Waals surface area contributed by atoms with E-state index in [1.165, 1.54) is 0 Å². The molecule has 0 saturated heterocycles. The standard InChI is InChI=1S/C12H12BrN3/c1-8-6-9-7-15(2)12-10(13)4-3-5-11(12)16(9)14-8/h3-6H,7H2,1-2H3/i7D2. The van der Waals surface area contributed by atoms with E-state index >= 15 is 0 Å². The Bertz CT molecular complexity index is 636. The van der Waals surface area contributed by atoms with Gasteiger partial charge in [-0.05, 0) is 41.1 Å². The average molecular weight is 280 g/mol. The van der Waals surface area contributed by atoms with Crippen LogP contribution in [0, 0.1) is 6.92 Å². The number of fused-ring (bicyclic) bond motifs is 3. The van der Waals surface area contributed by atoms with Crippen LogP contribution in [0.15, 0.2) is 28.7 Å². The molecule has 0 atom stereocenters. The molecule has 0 radical (unpaired) electrons. The number of hydrogen-bond donors (Lipinski definition) is 0. The highest BCUT2D eigenvalue weighted by Crippen LogP contribution is 2.36. The molecule has 0 unspecified atom stereocenters. The molecule has 16 heavy (non-hydrogen) atoms. The molecule has 82 valence electrons. The van der Waals surface area contributed by atoms with E-state index in [0.29, 0.717) is 5.69 Å². The zero-order valence-electron chi connectivity index (χ0n) is 11.0. The third-order valence-electron chi connectivity index (χ3n) is 2.64. The minimum Gasteiger partial charge on any atom is -0.366 e. The number of aryl methyl sites for hydroxylation is 1. The van der Waals surface area contributed by atoms with E-state index in [4.69, 9.17) is 2.74 Å². The highest BCUT2D eigenvalue weighted by atomic mass is 79.9. The van der Waals surface area contributed by atoms with Crippen molar-refractivity contribution in [3.63, 3.8) is 0 Å². The fourth-order valence-electron chi connectivity index (χ4n) is 2.00. The molecule has 1 aromatic heterocycles. The summed E-state index contributed by atoms with van der Waals surface area (Å²) in [7, 11) is 1.76. The Morgan fingerprint density at radius 2 is 2.31 bits per heavy atom. The molecule has 1 aliphatic heterocycles. The summed E-state index contributed by atoms with van der Waals surface area (Å²) >= 11 is 3.48. The highest BCUT2D eigenvalue weighted by Gasteiger charge is 2.22. The molecule has 1 aliphatic rings. The number of hydrogen-bond acceptors (Lipinski definition) is 2. The van der Waals surface area contributed by atoms with Gasteiger partial charge in [0.25, 0.3) is 0 Å². The quantitative estimate of drug-likeness (QED) is 0.740. The molecular weight excluding hydrogens is 266 g/mol. The Hall–Kier alpha value is -1.29. The second kappa shape index (κ2) is 3.35. The summed E-state index contributed by atoms with van der Waals surface area (Å²) in [6.07, 6.45) is 0. The van der Waals surface area contributed by atoms with Crippen molar-refractivity contribution in [1.82, 2.24) is 9.78 Å². The van der Waals surface area contributed by atoms with Crippen LogP contribution in [0.3, 0.4) is 0 Å². The lowest BCUT2D eigenvalue weighted by Crippen LogP contribution is -2.25. The molecule has 1 aromatic carbocycles. The van der Waals surface area contributed by atoms with E-state index in [2.05, 4.69) is 21.0 Å². The molecule has 0 spiro atoms. The van der Waals surface area contributed by atoms with Gasteiger partial charge in [-0.1, -0.05) is 6.07 Å². The molecule has 0 saturated carbocycles. The van der Waals surface area contributed by atoms with Gasteiger partial charge in [0.05, 0.1) is 32.0 Å². The number of anilines is 1. The Kier molecular flexibility index (Phi) is 1.65. The molecule has 3 rings (SSSR count). The van der Waals surface area contributed by atoms with Crippen LogP contribution >= 0.6 is 15.9 Å². The van der Waals surface area contributed by atoms with Crippen molar-refractivity contribution in [1.29, 1.82) is 0 Å². The summed E-state index contributed by atoms with van der Waals surface area (Å²) < 4.78 is 19.1. The largest absolute Gasteiger partial charge is 0.366 e. The topological polar surface area (TPSA) is 21.1 Å². The predicted molar refractivity (Wildman–Crippen MR) is 68.1 cm³/mol. The molecule has 0 N–H and O–H groups in total. The van der Waals surface area contributed by atoms with Crippen LogP contribution in [0.2, 0.25) is 0 Å². The van der Waals surface area contributed by atoms with E-state index < -0.39 is 6.50 Å². The minimum atomic E-state index is -1.57. The first kappa shape index (κ1) is 7.90. The zero-order valence-corrected chi connectivity index (χ0v) is 10.6. The number of aromatic nitrogens is 2. The molecule has 0 bridgehead atoms. The first-order valence-corrected chi connectivity index (χ1v) is 5.82. The number of rotatable bonds is 0. The Labute approximate surface area is 106 Å². The molecule has 4 heteroatoms. The van der Waals surface area contributed by atoms with Crippen LogP contribution in [-0.4, -0.2) is 16.8 Å². The lowest BCUT2D eigenvalue weighted by Gasteiger charge is -2.29. The SMILES string of the molecule is [2H]C1([2H])c2cc(C)nn2-c2cccc(Br)c2N1C. The maximum Gasteiger partial charge on any atom is 0.0894 e. The minimum absolute atomic E-state index is 0.563. The van der Waals surface area contributed by atoms with Crippen molar-refractivity contribution < 1.29 is 2.74 Å². The van der Waals surface area contributed by atoms with Gasteiger partial charge in [-0.2, -0.15) is 5.10 Å². The van der Waals surface area contributed by atoms with Gasteiger partial charge in [0, 0.05) is 11.5 Å². The van der Waals surface area contributed by atoms with E-state index in [-0.39, 0.29) is 0 Å². The average Bonchev–Trinajstić information content (AvgIpc) is 2.69. The third-order valence-corrected chi connectivity index (χ3v) is 3.28. The van der Waals surface area contributed by atoms with Gasteiger partial charge in [0.15, 0.2) is 0 Å². The summed E-state index contributed by atoms with van der Waals surface area (Å²) in [6, 6.07) is 7.58. The van der Waals surface area contributed by atoms with E-state index in [1.807, 2.05) is 25.1 Å². The van der Waals surface area contributed by atoms with Crippen LogP contribution in [-0.2, 0) is 6.50 Å². The highest BCUT2D eigenvalue weighted by molar-refractivity contribution is 9.10. The van der Waals surface area contributed by atoms with Crippen LogP contribution in [0.5, 0.6) is 0 Å². The van der Waals surface area contributed by atoms with Gasteiger partial charge in [-0.25, -0.2) is 4.68 Å². The molecule has 0 aliphatic carbocycles. The monoisotopic (exact) mass is 279 g/mol. The van der Waals surface area contributed by atoms with Crippen LogP contribution in [0.25, 0.3) is 5.69 Å². The molecule has 2 heterocycles. The van der Waals surface area contributed by atoms with Crippen molar-refractivity contribution in [3.8, 4) is 5.69 Å². The van der Waals surface area contributed by atoms with Gasteiger partial charge < -0.3 is 4.90 Å². The van der Waals surface area contributed by atoms with E-state index in [1.54, 1.807) is 22.7 Å². The van der Waals surface area contributed by atoms with Crippen LogP contribution < -0.4 is 4.90 Å². The normalized spacial score (nSPS) is 18.6. The lowest BCUT2D eigenvalue weighted by molar-refractivity contribution is 0.734. The molecule has 0 amide bonds. The van der Waals surface area contributed by atoms with Crippen molar-refractivity contribution in [2.45, 2.75) is 13.4 Å². The van der Waals surface area contributed by atoms with Crippen molar-refractivity contribution in [3.05, 3.63) is 40.1 Å². The summed E-state index contributed by atoms with van der Waals surface area (Å²) in [6.45, 7) is 0.303. The zero-order chi connectivity index (χ0) is 13.1. The van der Waals surface area contributed by atoms with E-state index in [0.717, 1.165) is 21.5 Å². The Morgan fingerprint density at radius 1 is 1.50 bits per heavy atom. The van der Waals surface area contributed by atoms with Gasteiger partial charge in [0.2, 0.25) is 0 Å². The van der Waals surface area contributed by atoms with Gasteiger partial charge in [0.1, 0.15) is 0 Å². The second-order valence-electron chi connectivity index (χ2n) is 3.86. The van der Waals surface area contributed by atoms with Crippen molar-refractivity contribution in [2.24, 2.45) is 0 Å². The first-order chi connectivity index (χ1) is 8.43. The van der Waals surface area contributed by atoms with Crippen LogP contribution in [0.1, 0.15) is 14.1 Å². The fraction of sp³-hybridized carbons (Fsp3) is 0.250. The van der Waals surface area contributed by atoms with Gasteiger partial charge in [-0.15, -0.1) is 0 Å². The molecular formula is C12H12BrN3. The van der Waals surface area contributed by atoms with Crippen LogP contribution in [0.4, 0.5) is 5.69 Å². The number of halogens is 1. The van der Waals surface area contributed by atoms with E-state index in [9.17, 15) is 0 Å². The van der Waals surface area contributed by atoms with Crippen molar-refractivity contribution in [2.75, 3.05) is 11.9 Å². The third kappa shape index (κ3) is 1.29. The number of benzene rings is 1. The summed E-state index contributed by atoms with van der Waals surface area (Å²) in [5.74, 6) is 0. The van der Waals surface area contributed by atoms with Gasteiger partial charge >= 0.3 is 0 Å². The van der Waals surface area contributed by atoms with Gasteiger partial charge in [-0.3, -0.25) is 0 Å². The first-order valence-electron chi connectivity index (χ1n) is 6.03. The smallest absolute Gasteiger partial charge is 0.0894 e. The summed E-state index contributed by atoms with van der Waals surface area (Å²) in [5, 5.41) is 4.39. The van der Waals surface area contributed by atoms with Crippen molar-refractivity contribution >= 4 is 21.6 Å². The Morgan fingerprint density at radius 3 is 3.12 bits per heavy atom.